The summed E-state index contributed by atoms with van der Waals surface area (Å²) in [5.74, 6) is -1.66. The maximum Gasteiger partial charge on any atom is 0.416 e. The van der Waals surface area contributed by atoms with E-state index in [1.807, 2.05) is 6.07 Å². The molecule has 2 aliphatic rings. The lowest BCUT2D eigenvalue weighted by Crippen LogP contribution is -2.51. The lowest BCUT2D eigenvalue weighted by atomic mass is 9.92. The average molecular weight is 501 g/mol. The number of rotatable bonds is 5. The number of ketones is 1. The number of alkyl halides is 3. The van der Waals surface area contributed by atoms with Gasteiger partial charge in [0.2, 0.25) is 0 Å². The highest BCUT2D eigenvalue weighted by Crippen LogP contribution is 2.47. The molecular weight excluding hydrogens is 483 g/mol. The fourth-order valence-electron chi connectivity index (χ4n) is 4.44. The summed E-state index contributed by atoms with van der Waals surface area (Å²) in [6.07, 6.45) is -2.75. The summed E-state index contributed by atoms with van der Waals surface area (Å²) >= 11 is 1.27. The van der Waals surface area contributed by atoms with E-state index in [-0.39, 0.29) is 35.6 Å². The highest BCUT2D eigenvalue weighted by atomic mass is 32.2. The Kier molecular flexibility index (Phi) is 6.34. The van der Waals surface area contributed by atoms with Crippen LogP contribution in [0.4, 0.5) is 23.7 Å². The van der Waals surface area contributed by atoms with Gasteiger partial charge in [-0.25, -0.2) is 4.79 Å². The predicted octanol–water partition coefficient (Wildman–Crippen LogP) is 4.98. The first-order valence-electron chi connectivity index (χ1n) is 10.4. The summed E-state index contributed by atoms with van der Waals surface area (Å²) in [6.45, 7) is -0.781. The van der Waals surface area contributed by atoms with Crippen LogP contribution in [-0.2, 0) is 15.8 Å². The van der Waals surface area contributed by atoms with E-state index in [0.717, 1.165) is 28.0 Å². The number of carboxylic acid groups (broad SMARTS) is 1. The molecule has 0 spiro atoms. The summed E-state index contributed by atoms with van der Waals surface area (Å²) in [5.41, 5.74) is 0.162. The van der Waals surface area contributed by atoms with Gasteiger partial charge in [0.15, 0.2) is 5.78 Å². The Bertz CT molecular complexity index is 1320. The molecule has 0 saturated carbocycles. The van der Waals surface area contributed by atoms with Crippen molar-refractivity contribution in [3.63, 3.8) is 0 Å². The van der Waals surface area contributed by atoms with Crippen LogP contribution >= 0.6 is 11.8 Å². The number of carboxylic acids is 1. The number of halogens is 3. The molecule has 2 aromatic carbocycles. The Morgan fingerprint density at radius 2 is 1.94 bits per heavy atom. The van der Waals surface area contributed by atoms with E-state index in [1.54, 1.807) is 18.4 Å². The maximum absolute atomic E-state index is 13.7. The van der Waals surface area contributed by atoms with Crippen LogP contribution in [0.1, 0.15) is 35.6 Å². The number of hydrogen-bond donors (Lipinski definition) is 1. The molecule has 1 N–H and O–H groups in total. The molecule has 2 amide bonds. The van der Waals surface area contributed by atoms with Crippen LogP contribution in [0, 0.1) is 11.3 Å². The van der Waals surface area contributed by atoms with Crippen molar-refractivity contribution in [3.05, 3.63) is 70.4 Å². The van der Waals surface area contributed by atoms with Gasteiger partial charge in [-0.15, -0.1) is 11.8 Å². The molecule has 4 rings (SSSR count). The van der Waals surface area contributed by atoms with Gasteiger partial charge in [-0.2, -0.15) is 18.4 Å². The molecule has 1 atom stereocenters. The first-order valence-corrected chi connectivity index (χ1v) is 11.6. The van der Waals surface area contributed by atoms with E-state index in [2.05, 4.69) is 0 Å². The Morgan fingerprint density at radius 1 is 1.20 bits per heavy atom. The fourth-order valence-corrected chi connectivity index (χ4v) is 5.10. The van der Waals surface area contributed by atoms with E-state index in [4.69, 9.17) is 0 Å². The number of allylic oxidation sites excluding steroid dienone is 1. The second-order valence-corrected chi connectivity index (χ2v) is 8.79. The molecule has 1 aliphatic heterocycles. The molecular formula is C24H18F3N3O4S. The molecule has 0 bridgehead atoms. The van der Waals surface area contributed by atoms with Crippen LogP contribution in [0.3, 0.4) is 0 Å². The summed E-state index contributed by atoms with van der Waals surface area (Å²) in [4.78, 5) is 41.0. The molecule has 0 fully saturated rings. The Morgan fingerprint density at radius 3 is 2.57 bits per heavy atom. The lowest BCUT2D eigenvalue weighted by Gasteiger charge is -2.42. The highest BCUT2D eigenvalue weighted by Gasteiger charge is 2.47. The molecule has 0 aromatic heterocycles. The maximum atomic E-state index is 13.7. The van der Waals surface area contributed by atoms with Crippen molar-refractivity contribution in [2.75, 3.05) is 17.7 Å². The van der Waals surface area contributed by atoms with Gasteiger partial charge in [0.1, 0.15) is 6.54 Å². The van der Waals surface area contributed by atoms with Crippen molar-refractivity contribution < 1.29 is 32.7 Å². The smallest absolute Gasteiger partial charge is 0.416 e. The standard InChI is InChI=1S/C24H18F3N3O4S/c1-35-19-9-13(11-28)5-6-16(19)22-21-17(7-8-18(21)31)30(23(34)29(22)12-20(32)33)15-4-2-3-14(10-15)24(25,26)27/h2-6,9-10,22H,7-8,12H2,1H3,(H,32,33). The number of aliphatic carboxylic acids is 1. The van der Waals surface area contributed by atoms with Gasteiger partial charge >= 0.3 is 18.2 Å². The molecule has 2 aromatic rings. The van der Waals surface area contributed by atoms with Crippen LogP contribution in [0.2, 0.25) is 0 Å². The van der Waals surface area contributed by atoms with Gasteiger partial charge < -0.3 is 10.0 Å². The fraction of sp³-hybridized carbons (Fsp3) is 0.250. The van der Waals surface area contributed by atoms with E-state index in [0.29, 0.717) is 16.0 Å². The molecule has 35 heavy (non-hydrogen) atoms. The van der Waals surface area contributed by atoms with Crippen molar-refractivity contribution in [2.45, 2.75) is 30.0 Å². The third-order valence-electron chi connectivity index (χ3n) is 5.89. The summed E-state index contributed by atoms with van der Waals surface area (Å²) in [5, 5.41) is 18.8. The minimum atomic E-state index is -4.66. The second-order valence-electron chi connectivity index (χ2n) is 7.94. The first-order chi connectivity index (χ1) is 16.6. The molecule has 1 unspecified atom stereocenters. The monoisotopic (exact) mass is 501 g/mol. The van der Waals surface area contributed by atoms with Crippen molar-refractivity contribution in [1.82, 2.24) is 4.90 Å². The van der Waals surface area contributed by atoms with E-state index in [1.165, 1.54) is 23.9 Å². The van der Waals surface area contributed by atoms with Crippen molar-refractivity contribution in [1.29, 1.82) is 5.26 Å². The van der Waals surface area contributed by atoms with E-state index in [9.17, 15) is 37.9 Å². The number of anilines is 1. The zero-order valence-electron chi connectivity index (χ0n) is 18.3. The number of amides is 2. The van der Waals surface area contributed by atoms with E-state index >= 15 is 0 Å². The molecule has 7 nitrogen and oxygen atoms in total. The summed E-state index contributed by atoms with van der Waals surface area (Å²) < 4.78 is 40.1. The molecule has 1 aliphatic carbocycles. The van der Waals surface area contributed by atoms with Crippen LogP contribution in [0.15, 0.2) is 58.6 Å². The van der Waals surface area contributed by atoms with Crippen LogP contribution in [-0.4, -0.2) is 40.6 Å². The van der Waals surface area contributed by atoms with Gasteiger partial charge in [-0.05, 0) is 48.6 Å². The third-order valence-corrected chi connectivity index (χ3v) is 6.68. The Labute approximate surface area is 202 Å². The van der Waals surface area contributed by atoms with Gasteiger partial charge in [0, 0.05) is 22.6 Å². The number of hydrogen-bond acceptors (Lipinski definition) is 5. The topological polar surface area (TPSA) is 102 Å². The number of carbonyl (C=O) groups excluding carboxylic acids is 2. The molecule has 0 radical (unpaired) electrons. The summed E-state index contributed by atoms with van der Waals surface area (Å²) in [6, 6.07) is 8.93. The zero-order chi connectivity index (χ0) is 25.5. The van der Waals surface area contributed by atoms with Crippen molar-refractivity contribution in [3.8, 4) is 6.07 Å². The van der Waals surface area contributed by atoms with Gasteiger partial charge in [-0.1, -0.05) is 12.1 Å². The molecule has 1 heterocycles. The average Bonchev–Trinajstić information content (AvgIpc) is 3.19. The molecule has 0 saturated heterocycles. The number of nitrogens with zero attached hydrogens (tertiary/aromatic N) is 3. The Hall–Kier alpha value is -3.78. The normalized spacial score (nSPS) is 18.1. The number of urea groups is 1. The number of Topliss-reactive ketones (excluding diaryl/α,β-unsaturated/α-hetero) is 1. The number of carbonyl (C=O) groups is 3. The highest BCUT2D eigenvalue weighted by molar-refractivity contribution is 7.98. The molecule has 180 valence electrons. The molecule has 11 heteroatoms. The minimum Gasteiger partial charge on any atom is -0.480 e. The quantitative estimate of drug-likeness (QED) is 0.580. The largest absolute Gasteiger partial charge is 0.480 e. The van der Waals surface area contributed by atoms with E-state index < -0.39 is 36.3 Å². The van der Waals surface area contributed by atoms with Gasteiger partial charge in [-0.3, -0.25) is 14.5 Å². The number of nitriles is 1. The van der Waals surface area contributed by atoms with Crippen molar-refractivity contribution >= 4 is 35.2 Å². The minimum absolute atomic E-state index is 0.0374. The number of thioether (sulfide) groups is 1. The SMILES string of the molecule is CSc1cc(C#N)ccc1C1C2=C(CCC2=O)N(c2cccc(C(F)(F)F)c2)C(=O)N1CC(=O)O. The summed E-state index contributed by atoms with van der Waals surface area (Å²) in [7, 11) is 0. The second kappa shape index (κ2) is 9.11. The number of benzene rings is 2. The van der Waals surface area contributed by atoms with Gasteiger partial charge in [0.05, 0.1) is 28.9 Å². The Balaban J connectivity index is 1.95. The predicted molar refractivity (Wildman–Crippen MR) is 121 cm³/mol. The van der Waals surface area contributed by atoms with Crippen LogP contribution in [0.5, 0.6) is 0 Å². The zero-order valence-corrected chi connectivity index (χ0v) is 19.1. The first kappa shape index (κ1) is 24.3. The third kappa shape index (κ3) is 4.37. The van der Waals surface area contributed by atoms with Crippen molar-refractivity contribution in [2.24, 2.45) is 0 Å². The van der Waals surface area contributed by atoms with Crippen LogP contribution < -0.4 is 4.90 Å². The lowest BCUT2D eigenvalue weighted by molar-refractivity contribution is -0.138. The van der Waals surface area contributed by atoms with Gasteiger partial charge in [0.25, 0.3) is 0 Å². The van der Waals surface area contributed by atoms with Crippen LogP contribution in [0.25, 0.3) is 0 Å².